The van der Waals surface area contributed by atoms with Gasteiger partial charge in [0.15, 0.2) is 0 Å². The Labute approximate surface area is 107 Å². The first kappa shape index (κ1) is 11.4. The molecule has 1 aromatic heterocycles. The summed E-state index contributed by atoms with van der Waals surface area (Å²) in [5.74, 6) is 6.52. The van der Waals surface area contributed by atoms with Gasteiger partial charge in [-0.2, -0.15) is 5.10 Å². The third kappa shape index (κ3) is 2.30. The molecule has 3 rings (SSSR count). The second-order valence-electron chi connectivity index (χ2n) is 4.90. The van der Waals surface area contributed by atoms with E-state index in [1.807, 2.05) is 35.1 Å². The Bertz CT molecular complexity index is 502. The van der Waals surface area contributed by atoms with Gasteiger partial charge in [0, 0.05) is 6.20 Å². The summed E-state index contributed by atoms with van der Waals surface area (Å²) < 4.78 is 1.97. The second kappa shape index (κ2) is 4.92. The summed E-state index contributed by atoms with van der Waals surface area (Å²) in [7, 11) is 0. The lowest BCUT2D eigenvalue weighted by molar-refractivity contribution is 0.466. The van der Waals surface area contributed by atoms with Gasteiger partial charge in [-0.05, 0) is 30.5 Å². The summed E-state index contributed by atoms with van der Waals surface area (Å²) in [5.41, 5.74) is 5.14. The average molecular weight is 242 g/mol. The molecular weight excluding hydrogens is 224 g/mol. The fourth-order valence-electron chi connectivity index (χ4n) is 2.32. The molecule has 1 aliphatic carbocycles. The Hall–Kier alpha value is -1.65. The van der Waals surface area contributed by atoms with Crippen molar-refractivity contribution in [3.63, 3.8) is 0 Å². The van der Waals surface area contributed by atoms with E-state index in [9.17, 15) is 0 Å². The quantitative estimate of drug-likeness (QED) is 0.624. The zero-order valence-corrected chi connectivity index (χ0v) is 10.3. The molecular formula is C14H18N4. The van der Waals surface area contributed by atoms with Crippen LogP contribution in [0.1, 0.15) is 31.0 Å². The summed E-state index contributed by atoms with van der Waals surface area (Å²) >= 11 is 0. The van der Waals surface area contributed by atoms with Crippen LogP contribution in [0.4, 0.5) is 0 Å². The van der Waals surface area contributed by atoms with Crippen molar-refractivity contribution in [1.82, 2.24) is 15.2 Å². The number of nitrogens with one attached hydrogen (secondary N) is 1. The number of hydrogen-bond acceptors (Lipinski definition) is 3. The van der Waals surface area contributed by atoms with E-state index >= 15 is 0 Å². The standard InChI is InChI=1S/C14H18N4/c15-17-13(10-11-6-7-11)14-8-9-16-18(14)12-4-2-1-3-5-12/h1-5,8-9,11,13,17H,6-7,10,15H2. The number of benzene rings is 1. The highest BCUT2D eigenvalue weighted by molar-refractivity contribution is 5.33. The molecule has 18 heavy (non-hydrogen) atoms. The maximum atomic E-state index is 5.70. The van der Waals surface area contributed by atoms with Crippen LogP contribution in [-0.4, -0.2) is 9.78 Å². The number of hydrazine groups is 1. The number of aromatic nitrogens is 2. The van der Waals surface area contributed by atoms with Crippen LogP contribution in [0.5, 0.6) is 0 Å². The zero-order chi connectivity index (χ0) is 12.4. The third-order valence-electron chi connectivity index (χ3n) is 3.50. The topological polar surface area (TPSA) is 55.9 Å². The monoisotopic (exact) mass is 242 g/mol. The van der Waals surface area contributed by atoms with Crippen LogP contribution in [0.15, 0.2) is 42.6 Å². The zero-order valence-electron chi connectivity index (χ0n) is 10.3. The summed E-state index contributed by atoms with van der Waals surface area (Å²) in [4.78, 5) is 0. The Morgan fingerprint density at radius 3 is 2.72 bits per heavy atom. The minimum atomic E-state index is 0.181. The van der Waals surface area contributed by atoms with Crippen molar-refractivity contribution in [1.29, 1.82) is 0 Å². The minimum absolute atomic E-state index is 0.181. The smallest absolute Gasteiger partial charge is 0.0649 e. The van der Waals surface area contributed by atoms with Gasteiger partial charge in [-0.15, -0.1) is 0 Å². The van der Waals surface area contributed by atoms with E-state index < -0.39 is 0 Å². The number of nitrogens with zero attached hydrogens (tertiary/aromatic N) is 2. The molecule has 0 saturated heterocycles. The van der Waals surface area contributed by atoms with Gasteiger partial charge in [-0.3, -0.25) is 11.3 Å². The van der Waals surface area contributed by atoms with Crippen LogP contribution in [0.3, 0.4) is 0 Å². The van der Waals surface area contributed by atoms with Crippen molar-refractivity contribution in [2.45, 2.75) is 25.3 Å². The van der Waals surface area contributed by atoms with Gasteiger partial charge in [0.25, 0.3) is 0 Å². The molecule has 0 spiro atoms. The highest BCUT2D eigenvalue weighted by atomic mass is 15.3. The van der Waals surface area contributed by atoms with Gasteiger partial charge in [0.1, 0.15) is 0 Å². The number of nitrogens with two attached hydrogens (primary N) is 1. The van der Waals surface area contributed by atoms with Gasteiger partial charge in [0.05, 0.1) is 17.4 Å². The van der Waals surface area contributed by atoms with Crippen molar-refractivity contribution < 1.29 is 0 Å². The number of rotatable bonds is 5. The molecule has 1 saturated carbocycles. The predicted molar refractivity (Wildman–Crippen MR) is 71.0 cm³/mol. The minimum Gasteiger partial charge on any atom is -0.271 e. The molecule has 0 bridgehead atoms. The molecule has 4 nitrogen and oxygen atoms in total. The van der Waals surface area contributed by atoms with E-state index in [1.165, 1.54) is 12.8 Å². The van der Waals surface area contributed by atoms with Gasteiger partial charge in [0.2, 0.25) is 0 Å². The largest absolute Gasteiger partial charge is 0.271 e. The first-order valence-electron chi connectivity index (χ1n) is 6.44. The average Bonchev–Trinajstić information content (AvgIpc) is 3.11. The van der Waals surface area contributed by atoms with Crippen molar-refractivity contribution >= 4 is 0 Å². The Balaban J connectivity index is 1.89. The second-order valence-corrected chi connectivity index (χ2v) is 4.90. The van der Waals surface area contributed by atoms with Crippen LogP contribution in [0, 0.1) is 5.92 Å². The van der Waals surface area contributed by atoms with Crippen molar-refractivity contribution in [2.75, 3.05) is 0 Å². The molecule has 3 N–H and O–H groups in total. The molecule has 2 aromatic rings. The van der Waals surface area contributed by atoms with E-state index in [0.29, 0.717) is 0 Å². The molecule has 0 radical (unpaired) electrons. The lowest BCUT2D eigenvalue weighted by atomic mass is 10.1. The molecule has 1 atom stereocenters. The molecule has 0 aliphatic heterocycles. The fraction of sp³-hybridized carbons (Fsp3) is 0.357. The maximum Gasteiger partial charge on any atom is 0.0649 e. The molecule has 1 unspecified atom stereocenters. The van der Waals surface area contributed by atoms with Crippen LogP contribution in [-0.2, 0) is 0 Å². The number of para-hydroxylation sites is 1. The van der Waals surface area contributed by atoms with E-state index in [1.54, 1.807) is 0 Å². The lowest BCUT2D eigenvalue weighted by Crippen LogP contribution is -2.30. The predicted octanol–water partition coefficient (Wildman–Crippen LogP) is 2.18. The van der Waals surface area contributed by atoms with Crippen LogP contribution < -0.4 is 11.3 Å². The van der Waals surface area contributed by atoms with E-state index in [0.717, 1.165) is 23.7 Å². The SMILES string of the molecule is NNC(CC1CC1)c1ccnn1-c1ccccc1. The summed E-state index contributed by atoms with van der Waals surface area (Å²) in [6, 6.07) is 12.4. The van der Waals surface area contributed by atoms with Crippen molar-refractivity contribution in [3.05, 3.63) is 48.3 Å². The Morgan fingerprint density at radius 1 is 1.28 bits per heavy atom. The van der Waals surface area contributed by atoms with Crippen LogP contribution >= 0.6 is 0 Å². The molecule has 1 aromatic carbocycles. The summed E-state index contributed by atoms with van der Waals surface area (Å²) in [6.07, 6.45) is 5.59. The van der Waals surface area contributed by atoms with Gasteiger partial charge in [-0.1, -0.05) is 31.0 Å². The third-order valence-corrected chi connectivity index (χ3v) is 3.50. The first-order valence-corrected chi connectivity index (χ1v) is 6.44. The molecule has 94 valence electrons. The van der Waals surface area contributed by atoms with Gasteiger partial charge >= 0.3 is 0 Å². The molecule has 4 heteroatoms. The first-order chi connectivity index (χ1) is 8.88. The molecule has 1 fully saturated rings. The van der Waals surface area contributed by atoms with Crippen molar-refractivity contribution in [3.8, 4) is 5.69 Å². The molecule has 1 heterocycles. The fourth-order valence-corrected chi connectivity index (χ4v) is 2.32. The number of hydrogen-bond donors (Lipinski definition) is 2. The van der Waals surface area contributed by atoms with Gasteiger partial charge < -0.3 is 0 Å². The van der Waals surface area contributed by atoms with E-state index in [2.05, 4.69) is 22.7 Å². The van der Waals surface area contributed by atoms with Crippen molar-refractivity contribution in [2.24, 2.45) is 11.8 Å². The van der Waals surface area contributed by atoms with E-state index in [4.69, 9.17) is 5.84 Å². The maximum absolute atomic E-state index is 5.70. The van der Waals surface area contributed by atoms with E-state index in [-0.39, 0.29) is 6.04 Å². The molecule has 0 amide bonds. The normalized spacial score (nSPS) is 16.7. The van der Waals surface area contributed by atoms with Crippen LogP contribution in [0.25, 0.3) is 5.69 Å². The van der Waals surface area contributed by atoms with Gasteiger partial charge in [-0.25, -0.2) is 4.68 Å². The summed E-state index contributed by atoms with van der Waals surface area (Å²) in [5, 5.41) is 4.40. The Kier molecular flexibility index (Phi) is 3.13. The summed E-state index contributed by atoms with van der Waals surface area (Å²) in [6.45, 7) is 0. The lowest BCUT2D eigenvalue weighted by Gasteiger charge is -2.17. The Morgan fingerprint density at radius 2 is 2.06 bits per heavy atom. The highest BCUT2D eigenvalue weighted by Gasteiger charge is 2.27. The highest BCUT2D eigenvalue weighted by Crippen LogP contribution is 2.37. The van der Waals surface area contributed by atoms with Crippen LogP contribution in [0.2, 0.25) is 0 Å². The molecule has 1 aliphatic rings.